The summed E-state index contributed by atoms with van der Waals surface area (Å²) in [5, 5.41) is 3.57. The second-order valence-corrected chi connectivity index (χ2v) is 6.11. The highest BCUT2D eigenvalue weighted by atomic mass is 35.5. The van der Waals surface area contributed by atoms with Crippen LogP contribution in [0.3, 0.4) is 0 Å². The number of rotatable bonds is 5. The summed E-state index contributed by atoms with van der Waals surface area (Å²) in [6.07, 6.45) is 0.591. The quantitative estimate of drug-likeness (QED) is 0.763. The van der Waals surface area contributed by atoms with Gasteiger partial charge in [-0.15, -0.1) is 0 Å². The van der Waals surface area contributed by atoms with Crippen molar-refractivity contribution in [2.45, 2.75) is 18.5 Å². The minimum absolute atomic E-state index is 0.0257. The fourth-order valence-electron chi connectivity index (χ4n) is 2.81. The van der Waals surface area contributed by atoms with Gasteiger partial charge in [0.05, 0.1) is 19.9 Å². The molecule has 2 aromatic rings. The molecule has 132 valence electrons. The number of halogens is 1. The van der Waals surface area contributed by atoms with Crippen molar-refractivity contribution in [2.24, 2.45) is 0 Å². The maximum Gasteiger partial charge on any atom is 0.243 e. The molecule has 1 fully saturated rings. The van der Waals surface area contributed by atoms with Gasteiger partial charge < -0.3 is 14.8 Å². The molecule has 0 bridgehead atoms. The first-order valence-corrected chi connectivity index (χ1v) is 8.28. The third-order valence-corrected chi connectivity index (χ3v) is 4.51. The summed E-state index contributed by atoms with van der Waals surface area (Å²) in [5.41, 5.74) is 7.72. The Labute approximate surface area is 151 Å². The zero-order valence-electron chi connectivity index (χ0n) is 14.0. The van der Waals surface area contributed by atoms with Crippen LogP contribution in [-0.4, -0.2) is 26.2 Å². The van der Waals surface area contributed by atoms with E-state index in [-0.39, 0.29) is 18.0 Å². The summed E-state index contributed by atoms with van der Waals surface area (Å²) in [7, 11) is 3.13. The molecule has 0 aliphatic carbocycles. The summed E-state index contributed by atoms with van der Waals surface area (Å²) >= 11 is 6.23. The largest absolute Gasteiger partial charge is 0.497 e. The maximum atomic E-state index is 12.6. The van der Waals surface area contributed by atoms with Gasteiger partial charge in [-0.3, -0.25) is 4.79 Å². The van der Waals surface area contributed by atoms with E-state index >= 15 is 0 Å². The molecule has 2 aromatic carbocycles. The van der Waals surface area contributed by atoms with E-state index in [1.165, 1.54) is 0 Å². The molecule has 0 spiro atoms. The fourth-order valence-corrected chi connectivity index (χ4v) is 3.08. The van der Waals surface area contributed by atoms with Crippen LogP contribution in [0.5, 0.6) is 11.5 Å². The summed E-state index contributed by atoms with van der Waals surface area (Å²) < 4.78 is 10.5. The van der Waals surface area contributed by atoms with E-state index in [9.17, 15) is 4.79 Å². The SMILES string of the molecule is COc1ccc(NC(=O)C2CC(c3ccccc3Cl)NN2)c(OC)c1. The highest BCUT2D eigenvalue weighted by Gasteiger charge is 2.31. The van der Waals surface area contributed by atoms with Crippen molar-refractivity contribution in [3.8, 4) is 11.5 Å². The van der Waals surface area contributed by atoms with E-state index in [0.717, 1.165) is 5.56 Å². The van der Waals surface area contributed by atoms with E-state index in [1.54, 1.807) is 32.4 Å². The van der Waals surface area contributed by atoms with Crippen LogP contribution in [0.2, 0.25) is 5.02 Å². The summed E-state index contributed by atoms with van der Waals surface area (Å²) in [4.78, 5) is 12.6. The van der Waals surface area contributed by atoms with Crippen molar-refractivity contribution in [1.29, 1.82) is 0 Å². The average molecular weight is 362 g/mol. The molecular weight excluding hydrogens is 342 g/mol. The molecule has 1 saturated heterocycles. The van der Waals surface area contributed by atoms with Crippen LogP contribution in [0.15, 0.2) is 42.5 Å². The number of hydrazine groups is 1. The minimum Gasteiger partial charge on any atom is -0.497 e. The summed E-state index contributed by atoms with van der Waals surface area (Å²) in [6.45, 7) is 0. The average Bonchev–Trinajstić information content (AvgIpc) is 3.12. The van der Waals surface area contributed by atoms with Crippen molar-refractivity contribution in [3.05, 3.63) is 53.1 Å². The normalized spacial score (nSPS) is 19.5. The molecular formula is C18H20ClN3O3. The topological polar surface area (TPSA) is 71.6 Å². The zero-order valence-corrected chi connectivity index (χ0v) is 14.8. The lowest BCUT2D eigenvalue weighted by Crippen LogP contribution is -2.39. The molecule has 2 unspecified atom stereocenters. The maximum absolute atomic E-state index is 12.6. The van der Waals surface area contributed by atoms with Gasteiger partial charge in [0.25, 0.3) is 0 Å². The standard InChI is InChI=1S/C18H20ClN3O3/c1-24-11-7-8-14(17(9-11)25-2)20-18(23)16-10-15(21-22-16)12-5-3-4-6-13(12)19/h3-9,15-16,21-22H,10H2,1-2H3,(H,20,23). The Balaban J connectivity index is 1.68. The van der Waals surface area contributed by atoms with Crippen LogP contribution in [0, 0.1) is 0 Å². The second-order valence-electron chi connectivity index (χ2n) is 5.71. The van der Waals surface area contributed by atoms with Crippen LogP contribution < -0.4 is 25.6 Å². The van der Waals surface area contributed by atoms with Crippen LogP contribution >= 0.6 is 11.6 Å². The number of amides is 1. The van der Waals surface area contributed by atoms with E-state index in [4.69, 9.17) is 21.1 Å². The van der Waals surface area contributed by atoms with Gasteiger partial charge in [-0.05, 0) is 30.2 Å². The molecule has 0 radical (unpaired) electrons. The van der Waals surface area contributed by atoms with Crippen LogP contribution in [0.1, 0.15) is 18.0 Å². The molecule has 0 saturated carbocycles. The Morgan fingerprint density at radius 3 is 2.68 bits per heavy atom. The molecule has 3 rings (SSSR count). The number of carbonyl (C=O) groups excluding carboxylic acids is 1. The monoisotopic (exact) mass is 361 g/mol. The number of anilines is 1. The van der Waals surface area contributed by atoms with Gasteiger partial charge in [0.1, 0.15) is 17.5 Å². The number of nitrogens with one attached hydrogen (secondary N) is 3. The van der Waals surface area contributed by atoms with E-state index in [0.29, 0.717) is 28.6 Å². The minimum atomic E-state index is -0.381. The summed E-state index contributed by atoms with van der Waals surface area (Å²) in [6, 6.07) is 12.4. The molecule has 1 aliphatic heterocycles. The highest BCUT2D eigenvalue weighted by molar-refractivity contribution is 6.31. The molecule has 2 atom stereocenters. The second kappa shape index (κ2) is 7.74. The number of benzene rings is 2. The fraction of sp³-hybridized carbons (Fsp3) is 0.278. The van der Waals surface area contributed by atoms with Gasteiger partial charge in [0.15, 0.2) is 0 Å². The lowest BCUT2D eigenvalue weighted by molar-refractivity contribution is -0.117. The van der Waals surface area contributed by atoms with Crippen LogP contribution in [0.25, 0.3) is 0 Å². The Morgan fingerprint density at radius 2 is 1.96 bits per heavy atom. The molecule has 1 aliphatic rings. The van der Waals surface area contributed by atoms with Gasteiger partial charge >= 0.3 is 0 Å². The van der Waals surface area contributed by atoms with Gasteiger partial charge in [-0.1, -0.05) is 29.8 Å². The van der Waals surface area contributed by atoms with Gasteiger partial charge in [-0.25, -0.2) is 10.9 Å². The highest BCUT2D eigenvalue weighted by Crippen LogP contribution is 2.31. The lowest BCUT2D eigenvalue weighted by Gasteiger charge is -2.14. The van der Waals surface area contributed by atoms with Crippen molar-refractivity contribution in [1.82, 2.24) is 10.9 Å². The Bertz CT molecular complexity index is 769. The predicted molar refractivity (Wildman–Crippen MR) is 97.0 cm³/mol. The number of ether oxygens (including phenoxy) is 2. The molecule has 3 N–H and O–H groups in total. The third kappa shape index (κ3) is 3.87. The summed E-state index contributed by atoms with van der Waals surface area (Å²) in [5.74, 6) is 1.06. The molecule has 0 aromatic heterocycles. The first-order chi connectivity index (χ1) is 12.1. The molecule has 1 amide bonds. The molecule has 1 heterocycles. The number of carbonyl (C=O) groups is 1. The third-order valence-electron chi connectivity index (χ3n) is 4.17. The van der Waals surface area contributed by atoms with Crippen LogP contribution in [-0.2, 0) is 4.79 Å². The zero-order chi connectivity index (χ0) is 17.8. The van der Waals surface area contributed by atoms with Gasteiger partial charge in [0, 0.05) is 17.1 Å². The van der Waals surface area contributed by atoms with E-state index in [1.807, 2.05) is 24.3 Å². The predicted octanol–water partition coefficient (Wildman–Crippen LogP) is 2.90. The molecule has 25 heavy (non-hydrogen) atoms. The van der Waals surface area contributed by atoms with E-state index in [2.05, 4.69) is 16.2 Å². The van der Waals surface area contributed by atoms with Crippen LogP contribution in [0.4, 0.5) is 5.69 Å². The number of hydrogen-bond donors (Lipinski definition) is 3. The van der Waals surface area contributed by atoms with Gasteiger partial charge in [0.2, 0.25) is 5.91 Å². The van der Waals surface area contributed by atoms with E-state index < -0.39 is 0 Å². The Morgan fingerprint density at radius 1 is 1.16 bits per heavy atom. The van der Waals surface area contributed by atoms with Crippen molar-refractivity contribution in [2.75, 3.05) is 19.5 Å². The van der Waals surface area contributed by atoms with Crippen molar-refractivity contribution in [3.63, 3.8) is 0 Å². The lowest BCUT2D eigenvalue weighted by atomic mass is 10.0. The smallest absolute Gasteiger partial charge is 0.243 e. The molecule has 7 heteroatoms. The van der Waals surface area contributed by atoms with Gasteiger partial charge in [-0.2, -0.15) is 0 Å². The first kappa shape index (κ1) is 17.5. The molecule has 6 nitrogen and oxygen atoms in total. The number of methoxy groups -OCH3 is 2. The number of hydrogen-bond acceptors (Lipinski definition) is 5. The van der Waals surface area contributed by atoms with Crippen molar-refractivity contribution >= 4 is 23.2 Å². The Kier molecular flexibility index (Phi) is 5.43. The Hall–Kier alpha value is -2.28. The van der Waals surface area contributed by atoms with Crippen molar-refractivity contribution < 1.29 is 14.3 Å². The first-order valence-electron chi connectivity index (χ1n) is 7.90.